The van der Waals surface area contributed by atoms with Gasteiger partial charge in [-0.2, -0.15) is 0 Å². The van der Waals surface area contributed by atoms with Gasteiger partial charge in [-0.05, 0) is 25.8 Å². The first kappa shape index (κ1) is 10.7. The predicted octanol–water partition coefficient (Wildman–Crippen LogP) is 0.560. The molecular formula is C10H15N5O. The van der Waals surface area contributed by atoms with Crippen molar-refractivity contribution in [3.05, 3.63) is 18.0 Å². The Labute approximate surface area is 93.8 Å². The summed E-state index contributed by atoms with van der Waals surface area (Å²) in [5.74, 6) is 0.657. The number of nitrogens with two attached hydrogens (primary N) is 1. The van der Waals surface area contributed by atoms with E-state index in [0.717, 1.165) is 19.4 Å². The molecule has 0 amide bonds. The molecule has 0 aliphatic carbocycles. The van der Waals surface area contributed by atoms with Crippen molar-refractivity contribution in [1.82, 2.24) is 9.97 Å². The first-order chi connectivity index (χ1) is 7.72. The molecule has 0 spiro atoms. The van der Waals surface area contributed by atoms with Gasteiger partial charge in [-0.1, -0.05) is 5.16 Å². The van der Waals surface area contributed by atoms with Gasteiger partial charge in [0, 0.05) is 18.8 Å². The maximum Gasteiger partial charge on any atom is 0.226 e. The quantitative estimate of drug-likeness (QED) is 0.330. The van der Waals surface area contributed by atoms with Gasteiger partial charge in [-0.15, -0.1) is 0 Å². The van der Waals surface area contributed by atoms with E-state index in [0.29, 0.717) is 17.7 Å². The molecule has 3 N–H and O–H groups in total. The van der Waals surface area contributed by atoms with E-state index in [1.54, 1.807) is 12.3 Å². The number of nitrogens with zero attached hydrogens (tertiary/aromatic N) is 4. The van der Waals surface area contributed by atoms with Crippen molar-refractivity contribution in [2.75, 3.05) is 11.4 Å². The van der Waals surface area contributed by atoms with Crippen LogP contribution in [0, 0.1) is 0 Å². The maximum atomic E-state index is 8.59. The third-order valence-corrected chi connectivity index (χ3v) is 2.82. The molecule has 1 fully saturated rings. The van der Waals surface area contributed by atoms with E-state index in [9.17, 15) is 0 Å². The normalized spacial score (nSPS) is 21.4. The summed E-state index contributed by atoms with van der Waals surface area (Å²) in [4.78, 5) is 10.6. The zero-order chi connectivity index (χ0) is 11.5. The lowest BCUT2D eigenvalue weighted by atomic mass is 10.2. The number of hydrogen-bond acceptors (Lipinski definition) is 5. The minimum atomic E-state index is 0.00972. The minimum absolute atomic E-state index is 0.00972. The van der Waals surface area contributed by atoms with Crippen LogP contribution in [0.5, 0.6) is 0 Å². The SMILES string of the molecule is CC1CCCN1c1nccc(/C(N)=N/O)n1. The third kappa shape index (κ3) is 1.91. The molecule has 1 atom stereocenters. The fourth-order valence-corrected chi connectivity index (χ4v) is 1.91. The monoisotopic (exact) mass is 221 g/mol. The number of amidine groups is 1. The molecule has 1 saturated heterocycles. The van der Waals surface area contributed by atoms with Crippen molar-refractivity contribution >= 4 is 11.8 Å². The van der Waals surface area contributed by atoms with Gasteiger partial charge in [-0.3, -0.25) is 0 Å². The number of rotatable bonds is 2. The third-order valence-electron chi connectivity index (χ3n) is 2.82. The molecule has 0 bridgehead atoms. The predicted molar refractivity (Wildman–Crippen MR) is 60.6 cm³/mol. The van der Waals surface area contributed by atoms with Crippen LogP contribution in [0.25, 0.3) is 0 Å². The molecule has 0 radical (unpaired) electrons. The smallest absolute Gasteiger partial charge is 0.226 e. The van der Waals surface area contributed by atoms with Crippen molar-refractivity contribution in [1.29, 1.82) is 0 Å². The molecule has 1 aliphatic heterocycles. The van der Waals surface area contributed by atoms with Gasteiger partial charge in [0.15, 0.2) is 5.84 Å². The molecule has 16 heavy (non-hydrogen) atoms. The molecule has 2 rings (SSSR count). The van der Waals surface area contributed by atoms with Crippen LogP contribution in [0.1, 0.15) is 25.5 Å². The average molecular weight is 221 g/mol. The maximum absolute atomic E-state index is 8.59. The summed E-state index contributed by atoms with van der Waals surface area (Å²) in [6, 6.07) is 2.07. The minimum Gasteiger partial charge on any atom is -0.409 e. The molecule has 6 nitrogen and oxygen atoms in total. The molecule has 2 heterocycles. The molecule has 1 aromatic rings. The lowest BCUT2D eigenvalue weighted by molar-refractivity contribution is 0.318. The zero-order valence-electron chi connectivity index (χ0n) is 9.17. The van der Waals surface area contributed by atoms with Gasteiger partial charge < -0.3 is 15.8 Å². The fourth-order valence-electron chi connectivity index (χ4n) is 1.91. The van der Waals surface area contributed by atoms with Crippen LogP contribution in [0.15, 0.2) is 17.4 Å². The number of hydrogen-bond donors (Lipinski definition) is 2. The van der Waals surface area contributed by atoms with Crippen LogP contribution in [0.2, 0.25) is 0 Å². The highest BCUT2D eigenvalue weighted by molar-refractivity contribution is 5.95. The Hall–Kier alpha value is -1.85. The standard InChI is InChI=1S/C10H15N5O/c1-7-3-2-6-15(7)10-12-5-4-8(13-10)9(11)14-16/h4-5,7,16H,2-3,6H2,1H3,(H2,11,14). The second-order valence-electron chi connectivity index (χ2n) is 3.91. The Morgan fingerprint density at radius 3 is 3.12 bits per heavy atom. The number of oxime groups is 1. The average Bonchev–Trinajstić information content (AvgIpc) is 2.74. The van der Waals surface area contributed by atoms with Crippen LogP contribution in [-0.4, -0.2) is 33.6 Å². The molecule has 1 unspecified atom stereocenters. The molecule has 1 aliphatic rings. The van der Waals surface area contributed by atoms with E-state index in [-0.39, 0.29) is 5.84 Å². The van der Waals surface area contributed by atoms with Crippen LogP contribution in [0.3, 0.4) is 0 Å². The first-order valence-corrected chi connectivity index (χ1v) is 5.30. The van der Waals surface area contributed by atoms with Crippen LogP contribution in [-0.2, 0) is 0 Å². The van der Waals surface area contributed by atoms with Gasteiger partial charge in [0.05, 0.1) is 0 Å². The highest BCUT2D eigenvalue weighted by Crippen LogP contribution is 2.21. The van der Waals surface area contributed by atoms with E-state index in [2.05, 4.69) is 26.9 Å². The summed E-state index contributed by atoms with van der Waals surface area (Å²) in [5.41, 5.74) is 5.94. The largest absolute Gasteiger partial charge is 0.409 e. The van der Waals surface area contributed by atoms with Crippen molar-refractivity contribution in [2.24, 2.45) is 10.9 Å². The molecule has 0 saturated carbocycles. The van der Waals surface area contributed by atoms with E-state index in [1.165, 1.54) is 0 Å². The van der Waals surface area contributed by atoms with Crippen LogP contribution in [0.4, 0.5) is 5.95 Å². The van der Waals surface area contributed by atoms with Crippen molar-refractivity contribution < 1.29 is 5.21 Å². The fraction of sp³-hybridized carbons (Fsp3) is 0.500. The topological polar surface area (TPSA) is 87.6 Å². The van der Waals surface area contributed by atoms with E-state index < -0.39 is 0 Å². The van der Waals surface area contributed by atoms with Crippen molar-refractivity contribution in [2.45, 2.75) is 25.8 Å². The number of anilines is 1. The van der Waals surface area contributed by atoms with E-state index in [1.807, 2.05) is 0 Å². The molecule has 1 aromatic heterocycles. The summed E-state index contributed by atoms with van der Waals surface area (Å²) in [7, 11) is 0. The summed E-state index contributed by atoms with van der Waals surface area (Å²) < 4.78 is 0. The molecule has 86 valence electrons. The van der Waals surface area contributed by atoms with Gasteiger partial charge in [0.2, 0.25) is 5.95 Å². The van der Waals surface area contributed by atoms with Gasteiger partial charge in [0.25, 0.3) is 0 Å². The second kappa shape index (κ2) is 4.34. The Balaban J connectivity index is 2.28. The zero-order valence-corrected chi connectivity index (χ0v) is 9.17. The van der Waals surface area contributed by atoms with Crippen LogP contribution >= 0.6 is 0 Å². The molecule has 6 heteroatoms. The van der Waals surface area contributed by atoms with Gasteiger partial charge in [0.1, 0.15) is 5.69 Å². The summed E-state index contributed by atoms with van der Waals surface area (Å²) >= 11 is 0. The lowest BCUT2D eigenvalue weighted by Gasteiger charge is -2.21. The van der Waals surface area contributed by atoms with Gasteiger partial charge in [-0.25, -0.2) is 9.97 Å². The second-order valence-corrected chi connectivity index (χ2v) is 3.91. The Morgan fingerprint density at radius 2 is 2.50 bits per heavy atom. The lowest BCUT2D eigenvalue weighted by Crippen LogP contribution is -2.29. The highest BCUT2D eigenvalue weighted by atomic mass is 16.4. The van der Waals surface area contributed by atoms with Gasteiger partial charge >= 0.3 is 0 Å². The molecular weight excluding hydrogens is 206 g/mol. The van der Waals surface area contributed by atoms with E-state index in [4.69, 9.17) is 10.9 Å². The van der Waals surface area contributed by atoms with Crippen molar-refractivity contribution in [3.8, 4) is 0 Å². The highest BCUT2D eigenvalue weighted by Gasteiger charge is 2.22. The van der Waals surface area contributed by atoms with Crippen molar-refractivity contribution in [3.63, 3.8) is 0 Å². The first-order valence-electron chi connectivity index (χ1n) is 5.30. The summed E-state index contributed by atoms with van der Waals surface area (Å²) in [6.45, 7) is 3.10. The molecule has 0 aromatic carbocycles. The Bertz CT molecular complexity index is 406. The van der Waals surface area contributed by atoms with Crippen LogP contribution < -0.4 is 10.6 Å². The Kier molecular flexibility index (Phi) is 2.89. The summed E-state index contributed by atoms with van der Waals surface area (Å²) in [5, 5.41) is 11.5. The van der Waals surface area contributed by atoms with E-state index >= 15 is 0 Å². The summed E-state index contributed by atoms with van der Waals surface area (Å²) in [6.07, 6.45) is 3.93. The number of aromatic nitrogens is 2. The Morgan fingerprint density at radius 1 is 1.69 bits per heavy atom.